The lowest BCUT2D eigenvalue weighted by molar-refractivity contribution is 0.112. The minimum absolute atomic E-state index is 0.677. The van der Waals surface area contributed by atoms with Gasteiger partial charge in [0.1, 0.15) is 0 Å². The van der Waals surface area contributed by atoms with E-state index in [0.29, 0.717) is 5.56 Å². The maximum Gasteiger partial charge on any atom is 0.150 e. The van der Waals surface area contributed by atoms with Crippen molar-refractivity contribution in [2.45, 2.75) is 0 Å². The van der Waals surface area contributed by atoms with Crippen molar-refractivity contribution in [3.63, 3.8) is 0 Å². The van der Waals surface area contributed by atoms with Gasteiger partial charge in [-0.25, -0.2) is 0 Å². The summed E-state index contributed by atoms with van der Waals surface area (Å²) >= 11 is 0. The normalized spacial score (nSPS) is 9.75. The quantitative estimate of drug-likeness (QED) is 0.701. The molecule has 0 radical (unpaired) electrons. The predicted octanol–water partition coefficient (Wildman–Crippen LogP) is 3.81. The van der Waals surface area contributed by atoms with Gasteiger partial charge in [0.15, 0.2) is 6.29 Å². The lowest BCUT2D eigenvalue weighted by Crippen LogP contribution is -1.90. The maximum atomic E-state index is 10.9. The van der Waals surface area contributed by atoms with Gasteiger partial charge in [-0.05, 0) is 16.7 Å². The van der Waals surface area contributed by atoms with E-state index in [1.54, 1.807) is 12.1 Å². The highest BCUT2D eigenvalue weighted by Gasteiger charge is 2.05. The zero-order chi connectivity index (χ0) is 11.4. The molecule has 0 heterocycles. The number of hydrogen-bond donors (Lipinski definition) is 0. The Bertz CT molecular complexity index is 512. The van der Waals surface area contributed by atoms with Crippen molar-refractivity contribution in [2.75, 3.05) is 0 Å². The molecule has 16 heavy (non-hydrogen) atoms. The van der Waals surface area contributed by atoms with Gasteiger partial charge in [0.05, 0.1) is 0 Å². The van der Waals surface area contributed by atoms with E-state index in [1.165, 1.54) is 0 Å². The summed E-state index contributed by atoms with van der Waals surface area (Å²) in [6.45, 7) is 3.77. The summed E-state index contributed by atoms with van der Waals surface area (Å²) in [4.78, 5) is 10.9. The van der Waals surface area contributed by atoms with Crippen molar-refractivity contribution in [3.05, 3.63) is 66.2 Å². The van der Waals surface area contributed by atoms with Crippen LogP contribution >= 0.6 is 0 Å². The summed E-state index contributed by atoms with van der Waals surface area (Å²) in [5, 5.41) is 0. The average molecular weight is 208 g/mol. The predicted molar refractivity (Wildman–Crippen MR) is 67.4 cm³/mol. The molecular weight excluding hydrogens is 196 g/mol. The van der Waals surface area contributed by atoms with E-state index in [4.69, 9.17) is 0 Å². The largest absolute Gasteiger partial charge is 0.298 e. The summed E-state index contributed by atoms with van der Waals surface area (Å²) in [6.07, 6.45) is 2.59. The SMILES string of the molecule is C=Cc1c(C=O)cccc1-c1ccccc1. The molecule has 0 aliphatic rings. The highest BCUT2D eigenvalue weighted by molar-refractivity contribution is 5.88. The Hall–Kier alpha value is -2.15. The molecule has 0 atom stereocenters. The van der Waals surface area contributed by atoms with Gasteiger partial charge < -0.3 is 0 Å². The molecular formula is C15H12O. The van der Waals surface area contributed by atoms with Gasteiger partial charge >= 0.3 is 0 Å². The fourth-order valence-corrected chi connectivity index (χ4v) is 1.78. The van der Waals surface area contributed by atoms with E-state index in [9.17, 15) is 4.79 Å². The number of rotatable bonds is 3. The zero-order valence-corrected chi connectivity index (χ0v) is 8.89. The third-order valence-corrected chi connectivity index (χ3v) is 2.56. The monoisotopic (exact) mass is 208 g/mol. The second kappa shape index (κ2) is 4.58. The first-order chi connectivity index (χ1) is 7.86. The van der Waals surface area contributed by atoms with Crippen molar-refractivity contribution in [1.82, 2.24) is 0 Å². The number of aldehydes is 1. The molecule has 0 fully saturated rings. The van der Waals surface area contributed by atoms with Crippen LogP contribution in [-0.2, 0) is 0 Å². The van der Waals surface area contributed by atoms with Crippen LogP contribution in [0.15, 0.2) is 55.1 Å². The highest BCUT2D eigenvalue weighted by Crippen LogP contribution is 2.26. The molecule has 0 aliphatic heterocycles. The molecule has 0 bridgehead atoms. The Kier molecular flexibility index (Phi) is 2.97. The Morgan fingerprint density at radius 2 is 1.69 bits per heavy atom. The van der Waals surface area contributed by atoms with Crippen molar-refractivity contribution in [2.24, 2.45) is 0 Å². The first-order valence-corrected chi connectivity index (χ1v) is 5.13. The second-order valence-electron chi connectivity index (χ2n) is 3.50. The molecule has 1 nitrogen and oxygen atoms in total. The van der Waals surface area contributed by atoms with Crippen LogP contribution in [0.25, 0.3) is 17.2 Å². The van der Waals surface area contributed by atoms with E-state index in [-0.39, 0.29) is 0 Å². The molecule has 0 N–H and O–H groups in total. The van der Waals surface area contributed by atoms with Crippen LogP contribution in [0.2, 0.25) is 0 Å². The van der Waals surface area contributed by atoms with Crippen molar-refractivity contribution >= 4 is 12.4 Å². The molecule has 0 aliphatic carbocycles. The summed E-state index contributed by atoms with van der Waals surface area (Å²) in [7, 11) is 0. The standard InChI is InChI=1S/C15H12O/c1-2-14-13(11-16)9-6-10-15(14)12-7-4-3-5-8-12/h2-11H,1H2. The minimum Gasteiger partial charge on any atom is -0.298 e. The van der Waals surface area contributed by atoms with Gasteiger partial charge in [-0.1, -0.05) is 61.2 Å². The Morgan fingerprint density at radius 3 is 2.31 bits per heavy atom. The lowest BCUT2D eigenvalue weighted by Gasteiger charge is -2.08. The molecule has 1 heteroatoms. The summed E-state index contributed by atoms with van der Waals surface area (Å²) in [6, 6.07) is 15.7. The van der Waals surface area contributed by atoms with Gasteiger partial charge in [0, 0.05) is 5.56 Å². The smallest absolute Gasteiger partial charge is 0.150 e. The van der Waals surface area contributed by atoms with Crippen molar-refractivity contribution < 1.29 is 4.79 Å². The van der Waals surface area contributed by atoms with Gasteiger partial charge in [0.25, 0.3) is 0 Å². The fourth-order valence-electron chi connectivity index (χ4n) is 1.78. The third-order valence-electron chi connectivity index (χ3n) is 2.56. The molecule has 2 aromatic carbocycles. The molecule has 0 unspecified atom stereocenters. The Morgan fingerprint density at radius 1 is 0.938 bits per heavy atom. The summed E-state index contributed by atoms with van der Waals surface area (Å²) < 4.78 is 0. The Balaban J connectivity index is 2.66. The van der Waals surface area contributed by atoms with E-state index in [2.05, 4.69) is 6.58 Å². The Labute approximate surface area is 95.1 Å². The van der Waals surface area contributed by atoms with E-state index >= 15 is 0 Å². The fraction of sp³-hybridized carbons (Fsp3) is 0. The highest BCUT2D eigenvalue weighted by atomic mass is 16.1. The molecule has 78 valence electrons. The zero-order valence-electron chi connectivity index (χ0n) is 8.89. The molecule has 0 spiro atoms. The van der Waals surface area contributed by atoms with E-state index in [0.717, 1.165) is 23.0 Å². The van der Waals surface area contributed by atoms with Gasteiger partial charge in [0.2, 0.25) is 0 Å². The summed E-state index contributed by atoms with van der Waals surface area (Å²) in [5.41, 5.74) is 3.71. The lowest BCUT2D eigenvalue weighted by atomic mass is 9.96. The van der Waals surface area contributed by atoms with Gasteiger partial charge in [-0.3, -0.25) is 4.79 Å². The van der Waals surface area contributed by atoms with E-state index in [1.807, 2.05) is 42.5 Å². The first-order valence-electron chi connectivity index (χ1n) is 5.13. The van der Waals surface area contributed by atoms with Crippen LogP contribution in [0.3, 0.4) is 0 Å². The van der Waals surface area contributed by atoms with Crippen LogP contribution < -0.4 is 0 Å². The van der Waals surface area contributed by atoms with Gasteiger partial charge in [-0.15, -0.1) is 0 Å². The summed E-state index contributed by atoms with van der Waals surface area (Å²) in [5.74, 6) is 0. The van der Waals surface area contributed by atoms with Gasteiger partial charge in [-0.2, -0.15) is 0 Å². The van der Waals surface area contributed by atoms with E-state index < -0.39 is 0 Å². The van der Waals surface area contributed by atoms with Crippen LogP contribution in [-0.4, -0.2) is 6.29 Å². The molecule has 0 saturated heterocycles. The van der Waals surface area contributed by atoms with Crippen LogP contribution in [0, 0.1) is 0 Å². The third kappa shape index (κ3) is 1.80. The average Bonchev–Trinajstić information content (AvgIpc) is 2.38. The number of carbonyl (C=O) groups excluding carboxylic acids is 1. The molecule has 0 aromatic heterocycles. The molecule has 2 rings (SSSR count). The topological polar surface area (TPSA) is 17.1 Å². The van der Waals surface area contributed by atoms with Crippen molar-refractivity contribution in [3.8, 4) is 11.1 Å². The van der Waals surface area contributed by atoms with Crippen molar-refractivity contribution in [1.29, 1.82) is 0 Å². The molecule has 2 aromatic rings. The first kappa shape index (κ1) is 10.4. The number of carbonyl (C=O) groups is 1. The van der Waals surface area contributed by atoms with Crippen LogP contribution in [0.4, 0.5) is 0 Å². The molecule has 0 amide bonds. The van der Waals surface area contributed by atoms with Crippen LogP contribution in [0.5, 0.6) is 0 Å². The molecule has 0 saturated carbocycles. The van der Waals surface area contributed by atoms with Crippen LogP contribution in [0.1, 0.15) is 15.9 Å². The maximum absolute atomic E-state index is 10.9. The number of benzene rings is 2. The number of hydrogen-bond acceptors (Lipinski definition) is 1. The second-order valence-corrected chi connectivity index (χ2v) is 3.50. The minimum atomic E-state index is 0.677.